The lowest BCUT2D eigenvalue weighted by Gasteiger charge is -2.07. The average molecular weight is 354 g/mol. The van der Waals surface area contributed by atoms with Crippen molar-refractivity contribution in [3.63, 3.8) is 0 Å². The third-order valence-electron chi connectivity index (χ3n) is 3.49. The summed E-state index contributed by atoms with van der Waals surface area (Å²) >= 11 is 0. The van der Waals surface area contributed by atoms with Gasteiger partial charge in [-0.05, 0) is 36.8 Å². The van der Waals surface area contributed by atoms with Crippen molar-refractivity contribution in [2.75, 3.05) is 5.32 Å². The first-order valence-electron chi connectivity index (χ1n) is 7.74. The SMILES string of the molecule is Cc1cc(NC(=O)c2cc(C(=O)NCc3ccc(F)cc3)ccn2)no1. The highest BCUT2D eigenvalue weighted by molar-refractivity contribution is 6.04. The van der Waals surface area contributed by atoms with E-state index >= 15 is 0 Å². The van der Waals surface area contributed by atoms with Crippen molar-refractivity contribution in [2.24, 2.45) is 0 Å². The van der Waals surface area contributed by atoms with Crippen LogP contribution in [0, 0.1) is 12.7 Å². The van der Waals surface area contributed by atoms with Gasteiger partial charge in [0.15, 0.2) is 5.82 Å². The summed E-state index contributed by atoms with van der Waals surface area (Å²) in [7, 11) is 0. The van der Waals surface area contributed by atoms with Crippen LogP contribution in [0.1, 0.15) is 32.2 Å². The van der Waals surface area contributed by atoms with Crippen LogP contribution in [0.3, 0.4) is 0 Å². The Labute approximate surface area is 148 Å². The number of anilines is 1. The fraction of sp³-hybridized carbons (Fsp3) is 0.111. The summed E-state index contributed by atoms with van der Waals surface area (Å²) in [6.45, 7) is 1.94. The van der Waals surface area contributed by atoms with Gasteiger partial charge < -0.3 is 15.2 Å². The summed E-state index contributed by atoms with van der Waals surface area (Å²) in [6.07, 6.45) is 1.37. The molecule has 3 aromatic rings. The number of rotatable bonds is 5. The second-order valence-corrected chi connectivity index (χ2v) is 5.52. The number of pyridine rings is 1. The molecule has 0 radical (unpaired) electrons. The van der Waals surface area contributed by atoms with Gasteiger partial charge in [-0.3, -0.25) is 14.6 Å². The van der Waals surface area contributed by atoms with Crippen molar-refractivity contribution in [1.29, 1.82) is 0 Å². The molecule has 2 aromatic heterocycles. The van der Waals surface area contributed by atoms with Crippen molar-refractivity contribution >= 4 is 17.6 Å². The molecule has 0 fully saturated rings. The van der Waals surface area contributed by atoms with Crippen molar-refractivity contribution < 1.29 is 18.5 Å². The molecular weight excluding hydrogens is 339 g/mol. The summed E-state index contributed by atoms with van der Waals surface area (Å²) in [6, 6.07) is 10.3. The first kappa shape index (κ1) is 17.3. The quantitative estimate of drug-likeness (QED) is 0.734. The third kappa shape index (κ3) is 4.29. The summed E-state index contributed by atoms with van der Waals surface area (Å²) in [5.74, 6) is -0.399. The number of amides is 2. The summed E-state index contributed by atoms with van der Waals surface area (Å²) in [5.41, 5.74) is 1.11. The lowest BCUT2D eigenvalue weighted by molar-refractivity contribution is 0.0951. The standard InChI is InChI=1S/C18H15FN4O3/c1-11-8-16(23-26-11)22-18(25)15-9-13(6-7-20-15)17(24)21-10-12-2-4-14(19)5-3-12/h2-9H,10H2,1H3,(H,21,24)(H,22,23,25). The zero-order valence-corrected chi connectivity index (χ0v) is 13.8. The zero-order valence-electron chi connectivity index (χ0n) is 13.8. The number of nitrogens with zero attached hydrogens (tertiary/aromatic N) is 2. The highest BCUT2D eigenvalue weighted by atomic mass is 19.1. The van der Waals surface area contributed by atoms with Crippen molar-refractivity contribution in [3.8, 4) is 0 Å². The maximum absolute atomic E-state index is 12.9. The molecule has 2 N–H and O–H groups in total. The first-order chi connectivity index (χ1) is 12.5. The molecule has 8 heteroatoms. The van der Waals surface area contributed by atoms with Crippen molar-refractivity contribution in [3.05, 3.63) is 77.1 Å². The number of hydrogen-bond donors (Lipinski definition) is 2. The monoisotopic (exact) mass is 354 g/mol. The number of carbonyl (C=O) groups is 2. The molecular formula is C18H15FN4O3. The fourth-order valence-corrected chi connectivity index (χ4v) is 2.19. The molecule has 132 valence electrons. The maximum Gasteiger partial charge on any atom is 0.275 e. The van der Waals surface area contributed by atoms with Crippen LogP contribution >= 0.6 is 0 Å². The number of benzene rings is 1. The second-order valence-electron chi connectivity index (χ2n) is 5.52. The molecule has 0 aliphatic heterocycles. The number of aryl methyl sites for hydroxylation is 1. The van der Waals surface area contributed by atoms with Gasteiger partial charge in [-0.15, -0.1) is 0 Å². The van der Waals surface area contributed by atoms with Crippen LogP contribution in [0.4, 0.5) is 10.2 Å². The largest absolute Gasteiger partial charge is 0.360 e. The number of carbonyl (C=O) groups excluding carboxylic acids is 2. The van der Waals surface area contributed by atoms with Crippen molar-refractivity contribution in [1.82, 2.24) is 15.5 Å². The van der Waals surface area contributed by atoms with Gasteiger partial charge in [0.1, 0.15) is 17.3 Å². The molecule has 26 heavy (non-hydrogen) atoms. The fourth-order valence-electron chi connectivity index (χ4n) is 2.19. The van der Waals surface area contributed by atoms with E-state index in [0.29, 0.717) is 5.76 Å². The zero-order chi connectivity index (χ0) is 18.5. The Balaban J connectivity index is 1.64. The van der Waals surface area contributed by atoms with Crippen LogP contribution in [-0.2, 0) is 6.54 Å². The van der Waals surface area contributed by atoms with E-state index in [0.717, 1.165) is 5.56 Å². The molecule has 2 amide bonds. The number of aromatic nitrogens is 2. The molecule has 0 bridgehead atoms. The first-order valence-corrected chi connectivity index (χ1v) is 7.74. The highest BCUT2D eigenvalue weighted by Crippen LogP contribution is 2.10. The van der Waals surface area contributed by atoms with Crippen LogP contribution in [0.2, 0.25) is 0 Å². The molecule has 0 spiro atoms. The van der Waals surface area contributed by atoms with E-state index in [1.54, 1.807) is 25.1 Å². The lowest BCUT2D eigenvalue weighted by Crippen LogP contribution is -2.23. The number of nitrogens with one attached hydrogen (secondary N) is 2. The average Bonchev–Trinajstić information content (AvgIpc) is 3.05. The molecule has 3 rings (SSSR count). The summed E-state index contributed by atoms with van der Waals surface area (Å²) in [4.78, 5) is 28.4. The Morgan fingerprint density at radius 2 is 1.88 bits per heavy atom. The second kappa shape index (κ2) is 7.56. The van der Waals surface area contributed by atoms with Gasteiger partial charge in [0.2, 0.25) is 0 Å². The normalized spacial score (nSPS) is 10.4. The molecule has 0 saturated heterocycles. The summed E-state index contributed by atoms with van der Waals surface area (Å²) in [5, 5.41) is 8.91. The van der Waals surface area contributed by atoms with E-state index < -0.39 is 5.91 Å². The summed E-state index contributed by atoms with van der Waals surface area (Å²) < 4.78 is 17.8. The van der Waals surface area contributed by atoms with Crippen LogP contribution in [-0.4, -0.2) is 22.0 Å². The van der Waals surface area contributed by atoms with E-state index in [-0.39, 0.29) is 35.3 Å². The van der Waals surface area contributed by atoms with E-state index in [1.807, 2.05) is 0 Å². The van der Waals surface area contributed by atoms with Gasteiger partial charge in [-0.2, -0.15) is 0 Å². The molecule has 7 nitrogen and oxygen atoms in total. The Morgan fingerprint density at radius 3 is 2.58 bits per heavy atom. The molecule has 0 unspecified atom stereocenters. The van der Waals surface area contributed by atoms with E-state index in [2.05, 4.69) is 20.8 Å². The van der Waals surface area contributed by atoms with Gasteiger partial charge in [0.05, 0.1) is 0 Å². The number of halogens is 1. The Bertz CT molecular complexity index is 938. The molecule has 0 atom stereocenters. The molecule has 0 aliphatic carbocycles. The minimum atomic E-state index is -0.508. The minimum Gasteiger partial charge on any atom is -0.360 e. The van der Waals surface area contributed by atoms with E-state index in [1.165, 1.54) is 30.5 Å². The van der Waals surface area contributed by atoms with Gasteiger partial charge in [0, 0.05) is 24.4 Å². The highest BCUT2D eigenvalue weighted by Gasteiger charge is 2.13. The van der Waals surface area contributed by atoms with Gasteiger partial charge >= 0.3 is 0 Å². The maximum atomic E-state index is 12.9. The van der Waals surface area contributed by atoms with Gasteiger partial charge in [-0.25, -0.2) is 4.39 Å². The smallest absolute Gasteiger partial charge is 0.275 e. The van der Waals surface area contributed by atoms with Crippen molar-refractivity contribution in [2.45, 2.75) is 13.5 Å². The van der Waals surface area contributed by atoms with Crippen LogP contribution in [0.25, 0.3) is 0 Å². The third-order valence-corrected chi connectivity index (χ3v) is 3.49. The molecule has 2 heterocycles. The Morgan fingerprint density at radius 1 is 1.12 bits per heavy atom. The predicted molar refractivity (Wildman–Crippen MR) is 91.0 cm³/mol. The van der Waals surface area contributed by atoms with E-state index in [9.17, 15) is 14.0 Å². The Kier molecular flexibility index (Phi) is 5.02. The topological polar surface area (TPSA) is 97.1 Å². The number of hydrogen-bond acceptors (Lipinski definition) is 5. The van der Waals surface area contributed by atoms with Gasteiger partial charge in [0.25, 0.3) is 11.8 Å². The van der Waals surface area contributed by atoms with Gasteiger partial charge in [-0.1, -0.05) is 17.3 Å². The Hall–Kier alpha value is -3.55. The van der Waals surface area contributed by atoms with Crippen LogP contribution < -0.4 is 10.6 Å². The van der Waals surface area contributed by atoms with Crippen LogP contribution in [0.15, 0.2) is 53.2 Å². The molecule has 0 aliphatic rings. The molecule has 0 saturated carbocycles. The van der Waals surface area contributed by atoms with E-state index in [4.69, 9.17) is 4.52 Å². The minimum absolute atomic E-state index is 0.0695. The lowest BCUT2D eigenvalue weighted by atomic mass is 10.2. The predicted octanol–water partition coefficient (Wildman–Crippen LogP) is 2.70. The van der Waals surface area contributed by atoms with Crippen LogP contribution in [0.5, 0.6) is 0 Å². The molecule has 1 aromatic carbocycles.